The number of imidazole rings is 1. The largest absolute Gasteiger partial charge is 0.444 e. The van der Waals surface area contributed by atoms with Crippen LogP contribution in [-0.4, -0.2) is 97.8 Å². The van der Waals surface area contributed by atoms with Crippen molar-refractivity contribution in [3.8, 4) is 0 Å². The van der Waals surface area contributed by atoms with Crippen molar-refractivity contribution in [3.63, 3.8) is 0 Å². The average molecular weight is 608 g/mol. The summed E-state index contributed by atoms with van der Waals surface area (Å²) in [5.41, 5.74) is 0.989. The Hall–Kier alpha value is -3.65. The highest BCUT2D eigenvalue weighted by atomic mass is 16.8. The van der Waals surface area contributed by atoms with Gasteiger partial charge in [-0.2, -0.15) is 0 Å². The van der Waals surface area contributed by atoms with Crippen LogP contribution in [0.5, 0.6) is 0 Å². The second-order valence-electron chi connectivity index (χ2n) is 13.5. The molecule has 1 aromatic carbocycles. The number of amides is 2. The van der Waals surface area contributed by atoms with Crippen LogP contribution in [-0.2, 0) is 18.9 Å². The Labute approximate surface area is 256 Å². The number of anilines is 1. The highest BCUT2D eigenvalue weighted by molar-refractivity contribution is 6.06. The smallest absolute Gasteiger partial charge is 0.410 e. The number of rotatable bonds is 5. The molecule has 0 bridgehead atoms. The first-order valence-electron chi connectivity index (χ1n) is 15.1. The van der Waals surface area contributed by atoms with Crippen molar-refractivity contribution in [3.05, 3.63) is 48.5 Å². The van der Waals surface area contributed by atoms with Crippen molar-refractivity contribution >= 4 is 29.0 Å². The van der Waals surface area contributed by atoms with Crippen molar-refractivity contribution < 1.29 is 28.5 Å². The van der Waals surface area contributed by atoms with Gasteiger partial charge in [-0.1, -0.05) is 18.2 Å². The van der Waals surface area contributed by atoms with Gasteiger partial charge in [0.2, 0.25) is 0 Å². The molecule has 13 heteroatoms. The first-order chi connectivity index (χ1) is 20.8. The van der Waals surface area contributed by atoms with Crippen LogP contribution in [0.2, 0.25) is 0 Å². The summed E-state index contributed by atoms with van der Waals surface area (Å²) >= 11 is 0. The van der Waals surface area contributed by atoms with E-state index < -0.39 is 30.0 Å². The van der Waals surface area contributed by atoms with Crippen molar-refractivity contribution in [1.82, 2.24) is 29.3 Å². The van der Waals surface area contributed by atoms with Crippen molar-refractivity contribution in [2.75, 3.05) is 38.0 Å². The maximum Gasteiger partial charge on any atom is 0.410 e. The number of carbonyl (C=O) groups is 2. The molecule has 0 radical (unpaired) electrons. The lowest BCUT2D eigenvalue weighted by Crippen LogP contribution is -2.60. The fraction of sp³-hybridized carbons (Fsp3) is 0.581. The molecular formula is C31H41N7O6. The lowest BCUT2D eigenvalue weighted by molar-refractivity contribution is -0.273. The van der Waals surface area contributed by atoms with Gasteiger partial charge in [0.05, 0.1) is 6.33 Å². The maximum absolute atomic E-state index is 12.8. The zero-order valence-corrected chi connectivity index (χ0v) is 26.1. The highest BCUT2D eigenvalue weighted by Crippen LogP contribution is 2.41. The molecule has 1 spiro atoms. The van der Waals surface area contributed by atoms with Crippen LogP contribution in [0.15, 0.2) is 43.0 Å². The molecule has 3 aliphatic heterocycles. The van der Waals surface area contributed by atoms with Crippen LogP contribution in [0.4, 0.5) is 10.6 Å². The van der Waals surface area contributed by atoms with Gasteiger partial charge in [0, 0.05) is 43.7 Å². The Bertz CT molecular complexity index is 1510. The molecule has 3 saturated heterocycles. The summed E-state index contributed by atoms with van der Waals surface area (Å²) in [6.45, 7) is 14.9. The summed E-state index contributed by atoms with van der Waals surface area (Å²) in [5.74, 6) is -0.884. The van der Waals surface area contributed by atoms with E-state index in [1.54, 1.807) is 35.2 Å². The van der Waals surface area contributed by atoms with Gasteiger partial charge in [0.15, 0.2) is 35.3 Å². The monoisotopic (exact) mass is 607 g/mol. The lowest BCUT2D eigenvalue weighted by atomic mass is 9.79. The van der Waals surface area contributed by atoms with Crippen LogP contribution in [0.1, 0.15) is 64.5 Å². The van der Waals surface area contributed by atoms with Crippen LogP contribution in [0.3, 0.4) is 0 Å². The number of ether oxygens (including phenoxy) is 4. The Morgan fingerprint density at radius 1 is 1.07 bits per heavy atom. The molecule has 44 heavy (non-hydrogen) atoms. The quantitative estimate of drug-likeness (QED) is 0.453. The number of carbonyl (C=O) groups excluding carboxylic acids is 2. The van der Waals surface area contributed by atoms with E-state index >= 15 is 0 Å². The maximum atomic E-state index is 12.8. The summed E-state index contributed by atoms with van der Waals surface area (Å²) in [4.78, 5) is 42.8. The number of hydrogen-bond acceptors (Lipinski definition) is 10. The third-order valence-electron chi connectivity index (χ3n) is 8.09. The van der Waals surface area contributed by atoms with Crippen LogP contribution in [0, 0.1) is 5.41 Å². The highest BCUT2D eigenvalue weighted by Gasteiger charge is 2.50. The van der Waals surface area contributed by atoms with E-state index in [0.29, 0.717) is 42.2 Å². The van der Waals surface area contributed by atoms with Crippen molar-refractivity contribution in [1.29, 1.82) is 0 Å². The molecule has 2 unspecified atom stereocenters. The molecule has 6 rings (SSSR count). The minimum Gasteiger partial charge on any atom is -0.444 e. The van der Waals surface area contributed by atoms with Crippen LogP contribution >= 0.6 is 0 Å². The Morgan fingerprint density at radius 2 is 1.82 bits per heavy atom. The zero-order valence-electron chi connectivity index (χ0n) is 26.1. The molecule has 1 N–H and O–H groups in total. The number of likely N-dealkylation sites (tertiary alicyclic amines) is 2. The fourth-order valence-electron chi connectivity index (χ4n) is 6.33. The number of hydrogen-bond donors (Lipinski definition) is 1. The second kappa shape index (κ2) is 11.4. The fourth-order valence-corrected chi connectivity index (χ4v) is 6.33. The van der Waals surface area contributed by atoms with E-state index in [1.165, 1.54) is 6.33 Å². The molecule has 3 atom stereocenters. The normalized spacial score (nSPS) is 25.0. The number of nitrogens with zero attached hydrogens (tertiary/aromatic N) is 6. The SMILES string of the molecule is C[C@H]1OC(C)(C)OC(CN2CC3(CCN(C(=O)OC(C)(C)C)C3)C2)OC1n1cnc2c(NC(=O)c3ccccc3)ncnc21. The number of aromatic nitrogens is 4. The third kappa shape index (κ3) is 6.41. The van der Waals surface area contributed by atoms with E-state index in [-0.39, 0.29) is 17.4 Å². The first kappa shape index (κ1) is 30.4. The molecule has 3 fully saturated rings. The van der Waals surface area contributed by atoms with Gasteiger partial charge in [-0.05, 0) is 60.1 Å². The van der Waals surface area contributed by atoms with E-state index in [1.807, 2.05) is 52.5 Å². The minimum absolute atomic E-state index is 0.0540. The van der Waals surface area contributed by atoms with Gasteiger partial charge in [0.1, 0.15) is 18.0 Å². The predicted molar refractivity (Wildman–Crippen MR) is 161 cm³/mol. The topological polar surface area (TPSA) is 133 Å². The molecule has 3 aromatic rings. The summed E-state index contributed by atoms with van der Waals surface area (Å²) < 4.78 is 26.6. The first-order valence-corrected chi connectivity index (χ1v) is 15.1. The molecule has 5 heterocycles. The van der Waals surface area contributed by atoms with E-state index in [0.717, 1.165) is 19.5 Å². The minimum atomic E-state index is -0.900. The van der Waals surface area contributed by atoms with Gasteiger partial charge >= 0.3 is 6.09 Å². The van der Waals surface area contributed by atoms with Gasteiger partial charge in [0.25, 0.3) is 5.91 Å². The van der Waals surface area contributed by atoms with Gasteiger partial charge in [-0.25, -0.2) is 19.7 Å². The van der Waals surface area contributed by atoms with Gasteiger partial charge in [-0.15, -0.1) is 0 Å². The number of nitrogens with one attached hydrogen (secondary N) is 1. The predicted octanol–water partition coefficient (Wildman–Crippen LogP) is 4.03. The molecule has 0 saturated carbocycles. The van der Waals surface area contributed by atoms with Gasteiger partial charge in [-0.3, -0.25) is 14.3 Å². The summed E-state index contributed by atoms with van der Waals surface area (Å²) in [6.07, 6.45) is 2.08. The lowest BCUT2D eigenvalue weighted by Gasteiger charge is -2.49. The summed E-state index contributed by atoms with van der Waals surface area (Å²) in [7, 11) is 0. The zero-order chi connectivity index (χ0) is 31.3. The average Bonchev–Trinajstić information content (AvgIpc) is 3.54. The van der Waals surface area contributed by atoms with E-state index in [4.69, 9.17) is 18.9 Å². The molecule has 2 aromatic heterocycles. The summed E-state index contributed by atoms with van der Waals surface area (Å²) in [5, 5.41) is 2.85. The third-order valence-corrected chi connectivity index (χ3v) is 8.09. The molecular weight excluding hydrogens is 566 g/mol. The molecule has 13 nitrogen and oxygen atoms in total. The van der Waals surface area contributed by atoms with E-state index in [2.05, 4.69) is 25.2 Å². The molecule has 2 amide bonds. The number of benzene rings is 1. The Balaban J connectivity index is 1.15. The van der Waals surface area contributed by atoms with Crippen molar-refractivity contribution in [2.24, 2.45) is 5.41 Å². The van der Waals surface area contributed by atoms with Crippen LogP contribution < -0.4 is 5.32 Å². The van der Waals surface area contributed by atoms with Gasteiger partial charge < -0.3 is 29.2 Å². The molecule has 3 aliphatic rings. The molecule has 236 valence electrons. The standard InChI is InChI=1S/C31H41N7O6/c1-20-27(38-19-34-23-24(32-18-33-25(23)38)35-26(39)21-10-8-7-9-11-21)41-22(43-30(5,6)42-20)14-36-15-31(16-36)12-13-37(17-31)28(40)44-29(2,3)4/h7-11,18-20,22,27H,12-17H2,1-6H3,(H,32,33,35,39)/t20-,22?,27?/m1/s1. The Kier molecular flexibility index (Phi) is 7.85. The van der Waals surface area contributed by atoms with Crippen molar-refractivity contribution in [2.45, 2.75) is 78.0 Å². The molecule has 0 aliphatic carbocycles. The van der Waals surface area contributed by atoms with Crippen LogP contribution in [0.25, 0.3) is 11.2 Å². The second-order valence-corrected chi connectivity index (χ2v) is 13.5. The summed E-state index contributed by atoms with van der Waals surface area (Å²) in [6, 6.07) is 8.92. The van der Waals surface area contributed by atoms with E-state index in [9.17, 15) is 9.59 Å². The Morgan fingerprint density at radius 3 is 2.55 bits per heavy atom. The number of fused-ring (bicyclic) bond motifs is 1.